The number of ether oxygens (including phenoxy) is 1. The van der Waals surface area contributed by atoms with Crippen molar-refractivity contribution in [2.45, 2.75) is 12.8 Å². The molecule has 1 aliphatic heterocycles. The minimum Gasteiger partial charge on any atom is -0.497 e. The highest BCUT2D eigenvalue weighted by atomic mass is 32.2. The summed E-state index contributed by atoms with van der Waals surface area (Å²) in [6.45, 7) is 0.406. The van der Waals surface area contributed by atoms with Crippen molar-refractivity contribution < 1.29 is 13.2 Å². The van der Waals surface area contributed by atoms with Crippen LogP contribution in [0.4, 0.5) is 0 Å². The summed E-state index contributed by atoms with van der Waals surface area (Å²) in [5, 5.41) is 0. The number of sulfone groups is 1. The molecular formula is C13H19NO3S. The molecule has 2 N–H and O–H groups in total. The van der Waals surface area contributed by atoms with Crippen molar-refractivity contribution in [3.8, 4) is 5.75 Å². The van der Waals surface area contributed by atoms with Gasteiger partial charge in [0, 0.05) is 5.41 Å². The van der Waals surface area contributed by atoms with E-state index in [0.717, 1.165) is 11.3 Å². The molecule has 0 bridgehead atoms. The molecule has 0 amide bonds. The normalized spacial score (nSPS) is 26.1. The first-order valence-electron chi connectivity index (χ1n) is 6.02. The summed E-state index contributed by atoms with van der Waals surface area (Å²) in [5.74, 6) is 1.25. The fraction of sp³-hybridized carbons (Fsp3) is 0.538. The average molecular weight is 269 g/mol. The van der Waals surface area contributed by atoms with E-state index in [2.05, 4.69) is 0 Å². The van der Waals surface area contributed by atoms with Crippen molar-refractivity contribution in [1.29, 1.82) is 0 Å². The zero-order chi connectivity index (χ0) is 13.2. The summed E-state index contributed by atoms with van der Waals surface area (Å²) in [4.78, 5) is 0. The molecule has 1 aromatic carbocycles. The minimum atomic E-state index is -2.91. The Morgan fingerprint density at radius 1 is 1.44 bits per heavy atom. The summed E-state index contributed by atoms with van der Waals surface area (Å²) in [7, 11) is -1.29. The molecular weight excluding hydrogens is 250 g/mol. The molecule has 18 heavy (non-hydrogen) atoms. The lowest BCUT2D eigenvalue weighted by atomic mass is 9.81. The number of methoxy groups -OCH3 is 1. The third kappa shape index (κ3) is 2.84. The fourth-order valence-electron chi connectivity index (χ4n) is 2.57. The van der Waals surface area contributed by atoms with E-state index < -0.39 is 9.84 Å². The molecule has 1 saturated heterocycles. The highest BCUT2D eigenvalue weighted by Gasteiger charge is 2.41. The molecule has 0 aliphatic carbocycles. The number of hydrogen-bond donors (Lipinski definition) is 1. The van der Waals surface area contributed by atoms with E-state index in [9.17, 15) is 8.42 Å². The number of nitrogens with two attached hydrogens (primary N) is 1. The van der Waals surface area contributed by atoms with Crippen LogP contribution in [0.2, 0.25) is 0 Å². The van der Waals surface area contributed by atoms with Crippen LogP contribution in [0.15, 0.2) is 24.3 Å². The second-order valence-corrected chi connectivity index (χ2v) is 7.26. The average Bonchev–Trinajstić information content (AvgIpc) is 2.66. The summed E-state index contributed by atoms with van der Waals surface area (Å²) in [6, 6.07) is 7.74. The quantitative estimate of drug-likeness (QED) is 0.885. The monoisotopic (exact) mass is 269 g/mol. The van der Waals surface area contributed by atoms with Gasteiger partial charge in [-0.3, -0.25) is 0 Å². The van der Waals surface area contributed by atoms with Gasteiger partial charge in [0.25, 0.3) is 0 Å². The predicted molar refractivity (Wildman–Crippen MR) is 71.5 cm³/mol. The van der Waals surface area contributed by atoms with E-state index in [4.69, 9.17) is 10.5 Å². The molecule has 0 spiro atoms. The Hall–Kier alpha value is -1.07. The molecule has 1 atom stereocenters. The van der Waals surface area contributed by atoms with Crippen molar-refractivity contribution in [3.05, 3.63) is 29.8 Å². The summed E-state index contributed by atoms with van der Waals surface area (Å²) in [6.07, 6.45) is 1.35. The Morgan fingerprint density at radius 2 is 2.22 bits per heavy atom. The van der Waals surface area contributed by atoms with Crippen molar-refractivity contribution in [2.24, 2.45) is 11.1 Å². The molecule has 1 aliphatic rings. The third-order valence-electron chi connectivity index (χ3n) is 3.62. The number of benzene rings is 1. The Bertz CT molecular complexity index is 527. The lowest BCUT2D eigenvalue weighted by Gasteiger charge is -2.25. The van der Waals surface area contributed by atoms with E-state index in [1.165, 1.54) is 0 Å². The van der Waals surface area contributed by atoms with E-state index in [1.807, 2.05) is 24.3 Å². The van der Waals surface area contributed by atoms with Crippen molar-refractivity contribution in [1.82, 2.24) is 0 Å². The topological polar surface area (TPSA) is 69.4 Å². The predicted octanol–water partition coefficient (Wildman–Crippen LogP) is 1.00. The van der Waals surface area contributed by atoms with Crippen LogP contribution in [0.1, 0.15) is 12.0 Å². The molecule has 1 heterocycles. The molecule has 5 heteroatoms. The van der Waals surface area contributed by atoms with Gasteiger partial charge in [0.05, 0.1) is 18.6 Å². The molecule has 2 rings (SSSR count). The van der Waals surface area contributed by atoms with Crippen LogP contribution in [0.25, 0.3) is 0 Å². The fourth-order valence-corrected chi connectivity index (χ4v) is 4.76. The van der Waals surface area contributed by atoms with Gasteiger partial charge in [-0.25, -0.2) is 8.42 Å². The Morgan fingerprint density at radius 3 is 2.78 bits per heavy atom. The first-order chi connectivity index (χ1) is 8.49. The van der Waals surface area contributed by atoms with Crippen molar-refractivity contribution in [3.63, 3.8) is 0 Å². The summed E-state index contributed by atoms with van der Waals surface area (Å²) < 4.78 is 28.5. The van der Waals surface area contributed by atoms with Crippen LogP contribution in [0.3, 0.4) is 0 Å². The lowest BCUT2D eigenvalue weighted by Crippen LogP contribution is -2.34. The second kappa shape index (κ2) is 4.90. The number of hydrogen-bond acceptors (Lipinski definition) is 4. The minimum absolute atomic E-state index is 0.202. The van der Waals surface area contributed by atoms with E-state index in [0.29, 0.717) is 19.4 Å². The van der Waals surface area contributed by atoms with E-state index in [1.54, 1.807) is 7.11 Å². The first kappa shape index (κ1) is 13.4. The van der Waals surface area contributed by atoms with Crippen molar-refractivity contribution in [2.75, 3.05) is 25.2 Å². The Balaban J connectivity index is 2.21. The van der Waals surface area contributed by atoms with E-state index in [-0.39, 0.29) is 16.9 Å². The molecule has 0 aromatic heterocycles. The molecule has 0 saturated carbocycles. The lowest BCUT2D eigenvalue weighted by molar-refractivity contribution is 0.343. The maximum absolute atomic E-state index is 11.6. The Kier molecular flexibility index (Phi) is 3.64. The molecule has 4 nitrogen and oxygen atoms in total. The SMILES string of the molecule is COc1cccc(CC2(CN)CCS(=O)(=O)C2)c1. The summed E-state index contributed by atoms with van der Waals surface area (Å²) in [5.41, 5.74) is 6.59. The van der Waals surface area contributed by atoms with Gasteiger partial charge < -0.3 is 10.5 Å². The van der Waals surface area contributed by atoms with Gasteiger partial charge in [-0.15, -0.1) is 0 Å². The zero-order valence-electron chi connectivity index (χ0n) is 10.6. The largest absolute Gasteiger partial charge is 0.497 e. The van der Waals surface area contributed by atoms with Gasteiger partial charge in [-0.05, 0) is 37.1 Å². The van der Waals surface area contributed by atoms with Gasteiger partial charge in [0.2, 0.25) is 0 Å². The zero-order valence-corrected chi connectivity index (χ0v) is 11.4. The Labute approximate surface area is 108 Å². The van der Waals surface area contributed by atoms with Gasteiger partial charge in [-0.1, -0.05) is 12.1 Å². The van der Waals surface area contributed by atoms with Gasteiger partial charge >= 0.3 is 0 Å². The first-order valence-corrected chi connectivity index (χ1v) is 7.84. The molecule has 1 fully saturated rings. The molecule has 1 unspecified atom stereocenters. The van der Waals surface area contributed by atoms with Crippen LogP contribution in [-0.2, 0) is 16.3 Å². The standard InChI is InChI=1S/C13H19NO3S/c1-17-12-4-2-3-11(7-12)8-13(9-14)5-6-18(15,16)10-13/h2-4,7H,5-6,8-10,14H2,1H3. The van der Waals surface area contributed by atoms with Crippen LogP contribution >= 0.6 is 0 Å². The maximum Gasteiger partial charge on any atom is 0.150 e. The molecule has 100 valence electrons. The van der Waals surface area contributed by atoms with Gasteiger partial charge in [0.1, 0.15) is 5.75 Å². The van der Waals surface area contributed by atoms with Crippen LogP contribution in [0, 0.1) is 5.41 Å². The van der Waals surface area contributed by atoms with Crippen LogP contribution < -0.4 is 10.5 Å². The highest BCUT2D eigenvalue weighted by molar-refractivity contribution is 7.91. The van der Waals surface area contributed by atoms with Gasteiger partial charge in [-0.2, -0.15) is 0 Å². The van der Waals surface area contributed by atoms with Crippen molar-refractivity contribution >= 4 is 9.84 Å². The van der Waals surface area contributed by atoms with E-state index >= 15 is 0 Å². The molecule has 0 radical (unpaired) electrons. The number of rotatable bonds is 4. The van der Waals surface area contributed by atoms with Crippen LogP contribution in [-0.4, -0.2) is 33.6 Å². The van der Waals surface area contributed by atoms with Crippen LogP contribution in [0.5, 0.6) is 5.75 Å². The molecule has 1 aromatic rings. The van der Waals surface area contributed by atoms with Gasteiger partial charge in [0.15, 0.2) is 9.84 Å². The maximum atomic E-state index is 11.6. The summed E-state index contributed by atoms with van der Waals surface area (Å²) >= 11 is 0. The second-order valence-electron chi connectivity index (χ2n) is 5.07. The smallest absolute Gasteiger partial charge is 0.150 e. The highest BCUT2D eigenvalue weighted by Crippen LogP contribution is 2.35. The third-order valence-corrected chi connectivity index (χ3v) is 5.49.